The van der Waals surface area contributed by atoms with Crippen LogP contribution in [0.25, 0.3) is 10.2 Å². The predicted molar refractivity (Wildman–Crippen MR) is 118 cm³/mol. The SMILES string of the molecule is CCC(=O)NC(Cc1nc2ccc(Cl)cc2s1)C(=O)N[C@H](N)CC1CCCCC1. The molecule has 0 aliphatic heterocycles. The zero-order valence-corrected chi connectivity index (χ0v) is 18.3. The molecule has 2 atom stereocenters. The lowest BCUT2D eigenvalue weighted by atomic mass is 9.86. The van der Waals surface area contributed by atoms with E-state index in [2.05, 4.69) is 15.6 Å². The third kappa shape index (κ3) is 6.39. The van der Waals surface area contributed by atoms with Crippen molar-refractivity contribution in [2.75, 3.05) is 0 Å². The molecule has 4 N–H and O–H groups in total. The van der Waals surface area contributed by atoms with E-state index in [4.69, 9.17) is 17.3 Å². The molecule has 158 valence electrons. The molecule has 1 saturated carbocycles. The zero-order chi connectivity index (χ0) is 20.8. The number of benzene rings is 1. The number of hydrogen-bond acceptors (Lipinski definition) is 5. The molecule has 1 aromatic heterocycles. The van der Waals surface area contributed by atoms with Gasteiger partial charge in [0.2, 0.25) is 11.8 Å². The Hall–Kier alpha value is -1.70. The maximum atomic E-state index is 12.9. The first-order chi connectivity index (χ1) is 13.9. The Bertz CT molecular complexity index is 850. The minimum atomic E-state index is -0.698. The fraction of sp³-hybridized carbons (Fsp3) is 0.571. The molecule has 1 heterocycles. The van der Waals surface area contributed by atoms with Crippen LogP contribution in [0.1, 0.15) is 56.9 Å². The summed E-state index contributed by atoms with van der Waals surface area (Å²) in [4.78, 5) is 29.4. The van der Waals surface area contributed by atoms with Crippen LogP contribution in [0.4, 0.5) is 0 Å². The second-order valence-corrected chi connectivity index (χ2v) is 9.30. The molecule has 8 heteroatoms. The van der Waals surface area contributed by atoms with Gasteiger partial charge in [-0.2, -0.15) is 0 Å². The van der Waals surface area contributed by atoms with Gasteiger partial charge in [0.25, 0.3) is 0 Å². The number of rotatable bonds is 8. The number of thiazole rings is 1. The minimum Gasteiger partial charge on any atom is -0.344 e. The smallest absolute Gasteiger partial charge is 0.244 e. The van der Waals surface area contributed by atoms with E-state index in [9.17, 15) is 9.59 Å². The van der Waals surface area contributed by atoms with Crippen molar-refractivity contribution in [3.8, 4) is 0 Å². The molecule has 1 aromatic carbocycles. The van der Waals surface area contributed by atoms with E-state index in [0.717, 1.165) is 21.6 Å². The van der Waals surface area contributed by atoms with Crippen molar-refractivity contribution in [3.63, 3.8) is 0 Å². The first-order valence-electron chi connectivity index (χ1n) is 10.3. The summed E-state index contributed by atoms with van der Waals surface area (Å²) in [5.41, 5.74) is 7.04. The number of aromatic nitrogens is 1. The second kappa shape index (κ2) is 10.4. The lowest BCUT2D eigenvalue weighted by Crippen LogP contribution is -2.53. The van der Waals surface area contributed by atoms with Crippen LogP contribution in [0, 0.1) is 5.92 Å². The van der Waals surface area contributed by atoms with Crippen molar-refractivity contribution in [2.45, 2.75) is 70.5 Å². The van der Waals surface area contributed by atoms with Gasteiger partial charge in [-0.05, 0) is 30.5 Å². The maximum absolute atomic E-state index is 12.9. The molecule has 1 unspecified atom stereocenters. The number of amides is 2. The largest absolute Gasteiger partial charge is 0.344 e. The average Bonchev–Trinajstić information content (AvgIpc) is 3.09. The third-order valence-electron chi connectivity index (χ3n) is 5.39. The number of fused-ring (bicyclic) bond motifs is 1. The topological polar surface area (TPSA) is 97.1 Å². The van der Waals surface area contributed by atoms with Crippen LogP contribution < -0.4 is 16.4 Å². The monoisotopic (exact) mass is 436 g/mol. The third-order valence-corrected chi connectivity index (χ3v) is 6.66. The van der Waals surface area contributed by atoms with Gasteiger partial charge in [-0.1, -0.05) is 50.6 Å². The Morgan fingerprint density at radius 1 is 1.28 bits per heavy atom. The number of halogens is 1. The fourth-order valence-electron chi connectivity index (χ4n) is 3.84. The molecule has 2 amide bonds. The standard InChI is InChI=1S/C21H29ClN4O2S/c1-2-19(27)24-16(12-20-25-15-9-8-14(22)11-17(15)29-20)21(28)26-18(23)10-13-6-4-3-5-7-13/h8-9,11,13,16,18H,2-7,10,12,23H2,1H3,(H,24,27)(H,26,28)/t16?,18-/m0/s1. The molecule has 3 rings (SSSR count). The number of carbonyl (C=O) groups is 2. The van der Waals surface area contributed by atoms with E-state index < -0.39 is 12.2 Å². The highest BCUT2D eigenvalue weighted by Crippen LogP contribution is 2.27. The molecule has 0 saturated heterocycles. The zero-order valence-electron chi connectivity index (χ0n) is 16.7. The Morgan fingerprint density at radius 3 is 2.76 bits per heavy atom. The van der Waals surface area contributed by atoms with Crippen LogP contribution >= 0.6 is 22.9 Å². The molecule has 1 aliphatic carbocycles. The van der Waals surface area contributed by atoms with Gasteiger partial charge in [0, 0.05) is 17.9 Å². The van der Waals surface area contributed by atoms with Crippen molar-refractivity contribution in [1.82, 2.24) is 15.6 Å². The maximum Gasteiger partial charge on any atom is 0.244 e. The predicted octanol–water partition coefficient (Wildman–Crippen LogP) is 3.76. The summed E-state index contributed by atoms with van der Waals surface area (Å²) in [5.74, 6) is 0.138. The van der Waals surface area contributed by atoms with Gasteiger partial charge in [0.15, 0.2) is 0 Å². The Labute approximate surface area is 180 Å². The summed E-state index contributed by atoms with van der Waals surface area (Å²) in [6, 6.07) is 4.81. The molecule has 29 heavy (non-hydrogen) atoms. The summed E-state index contributed by atoms with van der Waals surface area (Å²) in [5, 5.41) is 7.14. The molecule has 2 aromatic rings. The van der Waals surface area contributed by atoms with Crippen LogP contribution in [-0.4, -0.2) is 29.0 Å². The molecule has 6 nitrogen and oxygen atoms in total. The molecule has 0 radical (unpaired) electrons. The van der Waals surface area contributed by atoms with Crippen LogP contribution in [0.15, 0.2) is 18.2 Å². The van der Waals surface area contributed by atoms with E-state index in [1.807, 2.05) is 12.1 Å². The first-order valence-corrected chi connectivity index (χ1v) is 11.5. The number of nitrogens with two attached hydrogens (primary N) is 1. The highest BCUT2D eigenvalue weighted by Gasteiger charge is 2.25. The molecule has 0 spiro atoms. The van der Waals surface area contributed by atoms with Gasteiger partial charge < -0.3 is 16.4 Å². The lowest BCUT2D eigenvalue weighted by Gasteiger charge is -2.26. The quantitative estimate of drug-likeness (QED) is 0.549. The lowest BCUT2D eigenvalue weighted by molar-refractivity contribution is -0.129. The Kier molecular flexibility index (Phi) is 7.86. The van der Waals surface area contributed by atoms with Gasteiger partial charge in [-0.25, -0.2) is 4.98 Å². The van der Waals surface area contributed by atoms with Gasteiger partial charge in [0.1, 0.15) is 6.04 Å². The fourth-order valence-corrected chi connectivity index (χ4v) is 5.13. The molecule has 1 aliphatic rings. The van der Waals surface area contributed by atoms with E-state index in [1.54, 1.807) is 13.0 Å². The van der Waals surface area contributed by atoms with E-state index in [-0.39, 0.29) is 11.8 Å². The second-order valence-electron chi connectivity index (χ2n) is 7.75. The summed E-state index contributed by atoms with van der Waals surface area (Å²) >= 11 is 7.53. The summed E-state index contributed by atoms with van der Waals surface area (Å²) in [6.45, 7) is 1.76. The van der Waals surface area contributed by atoms with E-state index in [1.165, 1.54) is 43.4 Å². The van der Waals surface area contributed by atoms with Crippen molar-refractivity contribution in [1.29, 1.82) is 0 Å². The van der Waals surface area contributed by atoms with Crippen molar-refractivity contribution >= 4 is 45.0 Å². The number of nitrogens with one attached hydrogen (secondary N) is 2. The van der Waals surface area contributed by atoms with Crippen molar-refractivity contribution < 1.29 is 9.59 Å². The van der Waals surface area contributed by atoms with Gasteiger partial charge in [-0.15, -0.1) is 11.3 Å². The van der Waals surface area contributed by atoms with Gasteiger partial charge >= 0.3 is 0 Å². The molecule has 0 bridgehead atoms. The van der Waals surface area contributed by atoms with Crippen LogP contribution in [0.2, 0.25) is 5.02 Å². The summed E-state index contributed by atoms with van der Waals surface area (Å²) in [7, 11) is 0. The highest BCUT2D eigenvalue weighted by atomic mass is 35.5. The van der Waals surface area contributed by atoms with E-state index in [0.29, 0.717) is 23.8 Å². The molecular formula is C21H29ClN4O2S. The summed E-state index contributed by atoms with van der Waals surface area (Å²) < 4.78 is 0.961. The summed E-state index contributed by atoms with van der Waals surface area (Å²) in [6.07, 6.45) is 7.13. The van der Waals surface area contributed by atoms with Crippen molar-refractivity contribution in [2.24, 2.45) is 11.7 Å². The number of nitrogens with zero attached hydrogens (tertiary/aromatic N) is 1. The van der Waals surface area contributed by atoms with Crippen LogP contribution in [0.5, 0.6) is 0 Å². The Morgan fingerprint density at radius 2 is 2.03 bits per heavy atom. The minimum absolute atomic E-state index is 0.171. The Balaban J connectivity index is 1.66. The van der Waals surface area contributed by atoms with E-state index >= 15 is 0 Å². The van der Waals surface area contributed by atoms with Crippen molar-refractivity contribution in [3.05, 3.63) is 28.2 Å². The molecule has 1 fully saturated rings. The number of hydrogen-bond donors (Lipinski definition) is 3. The normalized spacial score (nSPS) is 17.1. The highest BCUT2D eigenvalue weighted by molar-refractivity contribution is 7.18. The van der Waals surface area contributed by atoms with Crippen LogP contribution in [-0.2, 0) is 16.0 Å². The van der Waals surface area contributed by atoms with Gasteiger partial charge in [-0.3, -0.25) is 9.59 Å². The number of carbonyl (C=O) groups excluding carboxylic acids is 2. The molecular weight excluding hydrogens is 408 g/mol. The average molecular weight is 437 g/mol. The first kappa shape index (κ1) is 22.0. The van der Waals surface area contributed by atoms with Crippen LogP contribution in [0.3, 0.4) is 0 Å². The van der Waals surface area contributed by atoms with Gasteiger partial charge in [0.05, 0.1) is 21.4 Å².